The summed E-state index contributed by atoms with van der Waals surface area (Å²) in [4.78, 5) is 41.8. The van der Waals surface area contributed by atoms with Gasteiger partial charge in [-0.2, -0.15) is 8.42 Å². The Morgan fingerprint density at radius 1 is 1.05 bits per heavy atom. The summed E-state index contributed by atoms with van der Waals surface area (Å²) in [6.45, 7) is 13.1. The van der Waals surface area contributed by atoms with Gasteiger partial charge < -0.3 is 14.8 Å². The molecule has 0 spiro atoms. The quantitative estimate of drug-likeness (QED) is 0.350. The predicted octanol–water partition coefficient (Wildman–Crippen LogP) is 3.67. The zero-order valence-corrected chi connectivity index (χ0v) is 23.0. The maximum Gasteiger partial charge on any atom is 0.412 e. The van der Waals surface area contributed by atoms with Gasteiger partial charge in [-0.15, -0.1) is 0 Å². The van der Waals surface area contributed by atoms with Crippen molar-refractivity contribution in [3.05, 3.63) is 34.7 Å². The van der Waals surface area contributed by atoms with Crippen molar-refractivity contribution >= 4 is 33.7 Å². The molecule has 12 nitrogen and oxygen atoms in total. The molecule has 0 aliphatic carbocycles. The number of ether oxygens (including phenoxy) is 2. The highest BCUT2D eigenvalue weighted by Crippen LogP contribution is 2.27. The Balaban J connectivity index is 2.71. The molecule has 0 saturated heterocycles. The van der Waals surface area contributed by atoms with Crippen LogP contribution in [0.4, 0.5) is 16.3 Å². The van der Waals surface area contributed by atoms with E-state index in [1.807, 2.05) is 0 Å². The average Bonchev–Trinajstić information content (AvgIpc) is 2.67. The number of aromatic nitrogens is 2. The van der Waals surface area contributed by atoms with Crippen LogP contribution in [0.3, 0.4) is 0 Å². The van der Waals surface area contributed by atoms with Gasteiger partial charge in [-0.25, -0.2) is 9.78 Å². The van der Waals surface area contributed by atoms with E-state index >= 15 is 0 Å². The SMILES string of the molecule is CC(C)Nc1ncc(-c2cc(NC(=O)OC(C)(C)C)cc(S(=O)(=O)O)c2)n(CC(=O)OC(C)(C)C)c1=O. The maximum atomic E-state index is 13.3. The molecule has 2 rings (SSSR count). The molecule has 3 N–H and O–H groups in total. The van der Waals surface area contributed by atoms with Gasteiger partial charge in [0.2, 0.25) is 0 Å². The molecule has 0 radical (unpaired) electrons. The van der Waals surface area contributed by atoms with Crippen LogP contribution in [0.15, 0.2) is 34.1 Å². The molecule has 1 aromatic carbocycles. The molecule has 2 aromatic rings. The Morgan fingerprint density at radius 3 is 2.16 bits per heavy atom. The number of nitrogens with one attached hydrogen (secondary N) is 2. The molecule has 0 fully saturated rings. The third-order valence-electron chi connectivity index (χ3n) is 4.33. The first-order chi connectivity index (χ1) is 16.7. The average molecular weight is 539 g/mol. The second kappa shape index (κ2) is 10.9. The molecule has 13 heteroatoms. The minimum Gasteiger partial charge on any atom is -0.459 e. The first kappa shape index (κ1) is 29.8. The lowest BCUT2D eigenvalue weighted by atomic mass is 10.1. The van der Waals surface area contributed by atoms with Crippen LogP contribution in [-0.2, 0) is 30.9 Å². The fourth-order valence-corrected chi connectivity index (χ4v) is 3.69. The second-order valence-electron chi connectivity index (χ2n) is 10.6. The van der Waals surface area contributed by atoms with Gasteiger partial charge in [0.1, 0.15) is 17.7 Å². The molecule has 0 saturated carbocycles. The van der Waals surface area contributed by atoms with Gasteiger partial charge in [-0.1, -0.05) is 0 Å². The molecule has 0 bridgehead atoms. The lowest BCUT2D eigenvalue weighted by Gasteiger charge is -2.22. The Bertz CT molecular complexity index is 1340. The van der Waals surface area contributed by atoms with Gasteiger partial charge in [0.15, 0.2) is 5.82 Å². The van der Waals surface area contributed by atoms with Gasteiger partial charge in [0.25, 0.3) is 15.7 Å². The minimum absolute atomic E-state index is 0.0275. The number of hydrogen-bond donors (Lipinski definition) is 3. The van der Waals surface area contributed by atoms with Crippen molar-refractivity contribution < 1.29 is 32.0 Å². The third-order valence-corrected chi connectivity index (χ3v) is 5.16. The van der Waals surface area contributed by atoms with Crippen LogP contribution in [0.2, 0.25) is 0 Å². The van der Waals surface area contributed by atoms with E-state index < -0.39 is 50.4 Å². The summed E-state index contributed by atoms with van der Waals surface area (Å²) in [6, 6.07) is 3.33. The lowest BCUT2D eigenvalue weighted by molar-refractivity contribution is -0.155. The summed E-state index contributed by atoms with van der Waals surface area (Å²) in [6.07, 6.45) is 0.406. The summed E-state index contributed by atoms with van der Waals surface area (Å²) in [5.74, 6) is -0.740. The van der Waals surface area contributed by atoms with Crippen molar-refractivity contribution in [2.45, 2.75) is 84.1 Å². The van der Waals surface area contributed by atoms with Gasteiger partial charge in [-0.3, -0.25) is 24.0 Å². The zero-order chi connectivity index (χ0) is 28.3. The number of anilines is 2. The number of hydrogen-bond acceptors (Lipinski definition) is 9. The van der Waals surface area contributed by atoms with Crippen molar-refractivity contribution in [2.24, 2.45) is 0 Å². The number of amides is 1. The monoisotopic (exact) mass is 538 g/mol. The topological polar surface area (TPSA) is 166 Å². The van der Waals surface area contributed by atoms with E-state index in [0.717, 1.165) is 16.7 Å². The fourth-order valence-electron chi connectivity index (χ4n) is 3.14. The van der Waals surface area contributed by atoms with E-state index in [-0.39, 0.29) is 28.8 Å². The van der Waals surface area contributed by atoms with E-state index in [9.17, 15) is 27.4 Å². The Kier molecular flexibility index (Phi) is 8.76. The number of benzene rings is 1. The molecular weight excluding hydrogens is 504 g/mol. The summed E-state index contributed by atoms with van der Waals surface area (Å²) in [5, 5.41) is 5.32. The van der Waals surface area contributed by atoms with Gasteiger partial charge in [0.05, 0.1) is 16.8 Å². The summed E-state index contributed by atoms with van der Waals surface area (Å²) < 4.78 is 45.3. The zero-order valence-electron chi connectivity index (χ0n) is 22.2. The number of nitrogens with zero attached hydrogens (tertiary/aromatic N) is 2. The molecule has 0 aliphatic heterocycles. The second-order valence-corrected chi connectivity index (χ2v) is 12.0. The van der Waals surface area contributed by atoms with Crippen LogP contribution in [0.5, 0.6) is 0 Å². The Hall–Kier alpha value is -3.45. The van der Waals surface area contributed by atoms with Crippen LogP contribution in [-0.4, -0.2) is 51.8 Å². The molecule has 204 valence electrons. The van der Waals surface area contributed by atoms with E-state index in [1.54, 1.807) is 55.4 Å². The van der Waals surface area contributed by atoms with E-state index in [4.69, 9.17) is 9.47 Å². The third kappa shape index (κ3) is 9.17. The van der Waals surface area contributed by atoms with E-state index in [1.165, 1.54) is 12.3 Å². The molecular formula is C24H34N4O8S. The van der Waals surface area contributed by atoms with Crippen LogP contribution < -0.4 is 16.2 Å². The standard InChI is InChI=1S/C24H34N4O8S/c1-14(2)26-20-21(30)28(13-19(29)35-23(3,4)5)18(12-25-20)15-9-16(11-17(10-15)37(32,33)34)27-22(31)36-24(6,7)8/h9-12,14H,13H2,1-8H3,(H,25,26)(H,27,31)(H,32,33,34). The normalized spacial score (nSPS) is 12.3. The van der Waals surface area contributed by atoms with E-state index in [0.29, 0.717) is 0 Å². The summed E-state index contributed by atoms with van der Waals surface area (Å²) in [5.41, 5.74) is -2.23. The molecule has 0 unspecified atom stereocenters. The number of rotatable bonds is 7. The maximum absolute atomic E-state index is 13.3. The number of carbonyl (C=O) groups excluding carboxylic acids is 2. The van der Waals surface area contributed by atoms with Crippen molar-refractivity contribution in [1.82, 2.24) is 9.55 Å². The summed E-state index contributed by atoms with van der Waals surface area (Å²) in [7, 11) is -4.72. The van der Waals surface area contributed by atoms with Gasteiger partial charge in [-0.05, 0) is 73.6 Å². The molecule has 37 heavy (non-hydrogen) atoms. The lowest BCUT2D eigenvalue weighted by Crippen LogP contribution is -2.33. The first-order valence-corrected chi connectivity index (χ1v) is 12.9. The Labute approximate surface area is 216 Å². The van der Waals surface area contributed by atoms with E-state index in [2.05, 4.69) is 15.6 Å². The highest BCUT2D eigenvalue weighted by atomic mass is 32.2. The fraction of sp³-hybridized carbons (Fsp3) is 0.500. The van der Waals surface area contributed by atoms with Crippen molar-refractivity contribution in [2.75, 3.05) is 10.6 Å². The summed E-state index contributed by atoms with van der Waals surface area (Å²) >= 11 is 0. The highest BCUT2D eigenvalue weighted by Gasteiger charge is 2.23. The number of esters is 1. The predicted molar refractivity (Wildman–Crippen MR) is 138 cm³/mol. The molecule has 0 aliphatic rings. The molecule has 1 amide bonds. The Morgan fingerprint density at radius 2 is 1.65 bits per heavy atom. The van der Waals surface area contributed by atoms with Gasteiger partial charge >= 0.3 is 12.1 Å². The van der Waals surface area contributed by atoms with Crippen LogP contribution in [0, 0.1) is 0 Å². The van der Waals surface area contributed by atoms with Crippen LogP contribution >= 0.6 is 0 Å². The molecule has 1 aromatic heterocycles. The van der Waals surface area contributed by atoms with Crippen LogP contribution in [0.25, 0.3) is 11.3 Å². The minimum atomic E-state index is -4.72. The molecule has 1 heterocycles. The van der Waals surface area contributed by atoms with Crippen molar-refractivity contribution in [3.63, 3.8) is 0 Å². The smallest absolute Gasteiger partial charge is 0.412 e. The van der Waals surface area contributed by atoms with Gasteiger partial charge in [0, 0.05) is 17.3 Å². The first-order valence-electron chi connectivity index (χ1n) is 11.5. The molecule has 0 atom stereocenters. The van der Waals surface area contributed by atoms with Crippen molar-refractivity contribution in [3.8, 4) is 11.3 Å². The highest BCUT2D eigenvalue weighted by molar-refractivity contribution is 7.85. The largest absolute Gasteiger partial charge is 0.459 e. The van der Waals surface area contributed by atoms with Crippen molar-refractivity contribution in [1.29, 1.82) is 0 Å². The number of carbonyl (C=O) groups is 2. The van der Waals surface area contributed by atoms with Crippen LogP contribution in [0.1, 0.15) is 55.4 Å².